The molecule has 2 aliphatic rings. The molecule has 0 aromatic rings. The van der Waals surface area contributed by atoms with Crippen molar-refractivity contribution in [2.45, 2.75) is 37.8 Å². The van der Waals surface area contributed by atoms with Crippen molar-refractivity contribution in [2.75, 3.05) is 13.1 Å². The Morgan fingerprint density at radius 1 is 1.54 bits per heavy atom. The second-order valence-electron chi connectivity index (χ2n) is 3.82. The van der Waals surface area contributed by atoms with Crippen LogP contribution in [0.1, 0.15) is 25.7 Å². The molecule has 0 spiro atoms. The Morgan fingerprint density at radius 2 is 2.31 bits per heavy atom. The second kappa shape index (κ2) is 3.54. The summed E-state index contributed by atoms with van der Waals surface area (Å²) in [4.78, 5) is 13.2. The van der Waals surface area contributed by atoms with Crippen LogP contribution < -0.4 is 5.73 Å². The minimum absolute atomic E-state index is 0.0941. The van der Waals surface area contributed by atoms with E-state index in [2.05, 4.69) is 0 Å². The Kier molecular flexibility index (Phi) is 2.40. The van der Waals surface area contributed by atoms with Crippen molar-refractivity contribution in [1.29, 1.82) is 0 Å². The van der Waals surface area contributed by atoms with Gasteiger partial charge in [-0.25, -0.2) is 4.79 Å². The molecule has 0 radical (unpaired) electrons. The summed E-state index contributed by atoms with van der Waals surface area (Å²) in [6, 6.07) is 0.482. The summed E-state index contributed by atoms with van der Waals surface area (Å²) >= 11 is 0. The molecule has 1 saturated heterocycles. The van der Waals surface area contributed by atoms with Gasteiger partial charge in [0.2, 0.25) is 0 Å². The van der Waals surface area contributed by atoms with Crippen LogP contribution in [0, 0.1) is 0 Å². The van der Waals surface area contributed by atoms with Crippen LogP contribution in [0.2, 0.25) is 0 Å². The van der Waals surface area contributed by atoms with Crippen molar-refractivity contribution >= 4 is 6.09 Å². The summed E-state index contributed by atoms with van der Waals surface area (Å²) in [5.74, 6) is 0. The summed E-state index contributed by atoms with van der Waals surface area (Å²) in [5.41, 5.74) is 5.39. The Morgan fingerprint density at radius 3 is 2.92 bits per heavy atom. The number of nitrogens with two attached hydrogens (primary N) is 1. The molecule has 1 saturated carbocycles. The van der Waals surface area contributed by atoms with Gasteiger partial charge in [-0.05, 0) is 32.2 Å². The molecule has 2 fully saturated rings. The van der Waals surface area contributed by atoms with E-state index in [1.165, 1.54) is 0 Å². The number of carbonyl (C=O) groups is 1. The Hall–Kier alpha value is -0.770. The monoisotopic (exact) mass is 184 g/mol. The third-order valence-electron chi connectivity index (χ3n) is 2.62. The maximum Gasteiger partial charge on any atom is 0.410 e. The van der Waals surface area contributed by atoms with Crippen LogP contribution in [0.25, 0.3) is 0 Å². The predicted octanol–water partition coefficient (Wildman–Crippen LogP) is 0.708. The maximum absolute atomic E-state index is 11.3. The highest BCUT2D eigenvalue weighted by Crippen LogP contribution is 2.31. The van der Waals surface area contributed by atoms with Crippen molar-refractivity contribution in [3.63, 3.8) is 0 Å². The number of hydrogen-bond donors (Lipinski definition) is 1. The number of hydrogen-bond acceptors (Lipinski definition) is 3. The van der Waals surface area contributed by atoms with Crippen LogP contribution in [0.4, 0.5) is 4.79 Å². The summed E-state index contributed by atoms with van der Waals surface area (Å²) < 4.78 is 5.21. The van der Waals surface area contributed by atoms with Crippen molar-refractivity contribution < 1.29 is 9.53 Å². The molecule has 0 aromatic carbocycles. The molecule has 1 heterocycles. The van der Waals surface area contributed by atoms with E-state index in [0.29, 0.717) is 12.6 Å². The molecule has 1 aliphatic carbocycles. The number of cyclic esters (lactones) is 1. The summed E-state index contributed by atoms with van der Waals surface area (Å²) in [6.45, 7) is 1.46. The fraction of sp³-hybridized carbons (Fsp3) is 0.889. The van der Waals surface area contributed by atoms with Crippen LogP contribution in [0.5, 0.6) is 0 Å². The molecule has 74 valence electrons. The van der Waals surface area contributed by atoms with Gasteiger partial charge in [-0.2, -0.15) is 0 Å². The van der Waals surface area contributed by atoms with Gasteiger partial charge >= 0.3 is 6.09 Å². The molecule has 0 aromatic heterocycles. The average molecular weight is 184 g/mol. The summed E-state index contributed by atoms with van der Waals surface area (Å²) in [6.07, 6.45) is 4.13. The molecule has 4 nitrogen and oxygen atoms in total. The van der Waals surface area contributed by atoms with Gasteiger partial charge in [0, 0.05) is 6.04 Å². The van der Waals surface area contributed by atoms with Crippen LogP contribution in [0.15, 0.2) is 0 Å². The SMILES string of the molecule is NCCCC1CN(C2CC2)C(=O)O1. The maximum atomic E-state index is 11.3. The first kappa shape index (κ1) is 8.81. The highest BCUT2D eigenvalue weighted by atomic mass is 16.6. The summed E-state index contributed by atoms with van der Waals surface area (Å²) in [7, 11) is 0. The van der Waals surface area contributed by atoms with E-state index in [1.54, 1.807) is 0 Å². The van der Waals surface area contributed by atoms with E-state index in [1.807, 2.05) is 4.90 Å². The van der Waals surface area contributed by atoms with Gasteiger partial charge in [0.25, 0.3) is 0 Å². The fourth-order valence-electron chi connectivity index (χ4n) is 1.72. The molecular formula is C9H16N2O2. The molecule has 1 atom stereocenters. The quantitative estimate of drug-likeness (QED) is 0.700. The molecule has 2 rings (SSSR count). The van der Waals surface area contributed by atoms with Gasteiger partial charge in [0.15, 0.2) is 0 Å². The fourth-order valence-corrected chi connectivity index (χ4v) is 1.72. The van der Waals surface area contributed by atoms with Crippen LogP contribution >= 0.6 is 0 Å². The lowest BCUT2D eigenvalue weighted by atomic mass is 10.2. The summed E-state index contributed by atoms with van der Waals surface area (Å²) in [5, 5.41) is 0. The largest absolute Gasteiger partial charge is 0.444 e. The first-order chi connectivity index (χ1) is 6.31. The number of amides is 1. The molecule has 0 bridgehead atoms. The minimum atomic E-state index is -0.121. The van der Waals surface area contributed by atoms with Crippen LogP contribution in [-0.4, -0.2) is 36.2 Å². The standard InChI is InChI=1S/C9H16N2O2/c10-5-1-2-8-6-11(7-3-4-7)9(12)13-8/h7-8H,1-6,10H2. The highest BCUT2D eigenvalue weighted by molar-refractivity contribution is 5.70. The first-order valence-corrected chi connectivity index (χ1v) is 4.98. The molecule has 1 unspecified atom stereocenters. The van der Waals surface area contributed by atoms with Crippen LogP contribution in [-0.2, 0) is 4.74 Å². The number of rotatable bonds is 4. The van der Waals surface area contributed by atoms with Crippen molar-refractivity contribution in [1.82, 2.24) is 4.90 Å². The van der Waals surface area contributed by atoms with Gasteiger partial charge in [-0.15, -0.1) is 0 Å². The van der Waals surface area contributed by atoms with Gasteiger partial charge in [0.05, 0.1) is 6.54 Å². The van der Waals surface area contributed by atoms with Crippen LogP contribution in [0.3, 0.4) is 0 Å². The zero-order valence-electron chi connectivity index (χ0n) is 7.74. The third kappa shape index (κ3) is 1.94. The van der Waals surface area contributed by atoms with E-state index in [0.717, 1.165) is 32.2 Å². The molecule has 13 heavy (non-hydrogen) atoms. The first-order valence-electron chi connectivity index (χ1n) is 4.98. The highest BCUT2D eigenvalue weighted by Gasteiger charge is 2.40. The van der Waals surface area contributed by atoms with Gasteiger partial charge in [-0.1, -0.05) is 0 Å². The zero-order chi connectivity index (χ0) is 9.26. The minimum Gasteiger partial charge on any atom is -0.444 e. The molecular weight excluding hydrogens is 168 g/mol. The van der Waals surface area contributed by atoms with E-state index in [-0.39, 0.29) is 12.2 Å². The van der Waals surface area contributed by atoms with Gasteiger partial charge in [0.1, 0.15) is 6.10 Å². The van der Waals surface area contributed by atoms with Crippen molar-refractivity contribution in [3.8, 4) is 0 Å². The van der Waals surface area contributed by atoms with Crippen molar-refractivity contribution in [2.24, 2.45) is 5.73 Å². The van der Waals surface area contributed by atoms with E-state index < -0.39 is 0 Å². The number of carbonyl (C=O) groups excluding carboxylic acids is 1. The van der Waals surface area contributed by atoms with E-state index in [9.17, 15) is 4.79 Å². The van der Waals surface area contributed by atoms with E-state index >= 15 is 0 Å². The molecule has 2 N–H and O–H groups in total. The molecule has 1 aliphatic heterocycles. The lowest BCUT2D eigenvalue weighted by Gasteiger charge is -2.10. The average Bonchev–Trinajstić information content (AvgIpc) is 2.88. The normalized spacial score (nSPS) is 27.9. The van der Waals surface area contributed by atoms with Gasteiger partial charge in [-0.3, -0.25) is 0 Å². The third-order valence-corrected chi connectivity index (χ3v) is 2.62. The number of nitrogens with zero attached hydrogens (tertiary/aromatic N) is 1. The topological polar surface area (TPSA) is 55.6 Å². The van der Waals surface area contributed by atoms with Gasteiger partial charge < -0.3 is 15.4 Å². The van der Waals surface area contributed by atoms with E-state index in [4.69, 9.17) is 10.5 Å². The second-order valence-corrected chi connectivity index (χ2v) is 3.82. The Bertz CT molecular complexity index is 204. The zero-order valence-corrected chi connectivity index (χ0v) is 7.74. The molecule has 1 amide bonds. The molecule has 4 heteroatoms. The predicted molar refractivity (Wildman–Crippen MR) is 48.3 cm³/mol. The Labute approximate surface area is 78.0 Å². The van der Waals surface area contributed by atoms with Crippen molar-refractivity contribution in [3.05, 3.63) is 0 Å². The lowest BCUT2D eigenvalue weighted by molar-refractivity contribution is 0.127. The number of ether oxygens (including phenoxy) is 1. The Balaban J connectivity index is 1.80. The smallest absolute Gasteiger partial charge is 0.410 e. The lowest BCUT2D eigenvalue weighted by Crippen LogP contribution is -2.27.